The van der Waals surface area contributed by atoms with Crippen LogP contribution in [0.4, 0.5) is 5.69 Å². The molecule has 1 N–H and O–H groups in total. The molecule has 0 atom stereocenters. The summed E-state index contributed by atoms with van der Waals surface area (Å²) >= 11 is 7.11. The van der Waals surface area contributed by atoms with Gasteiger partial charge in [0, 0.05) is 20.7 Å². The standard InChI is InChI=1S/C17H17Br2NO/c1-21-17-5-3-2-4-14(17)11-8-13(9-11)20-16-10-12(18)6-7-15(16)19/h2-7,10-11,13,20H,8-9H2,1H3. The summed E-state index contributed by atoms with van der Waals surface area (Å²) in [5, 5.41) is 3.61. The van der Waals surface area contributed by atoms with Gasteiger partial charge in [0.15, 0.2) is 0 Å². The van der Waals surface area contributed by atoms with Crippen molar-refractivity contribution in [2.45, 2.75) is 24.8 Å². The van der Waals surface area contributed by atoms with E-state index in [0.29, 0.717) is 12.0 Å². The molecule has 2 aromatic carbocycles. The van der Waals surface area contributed by atoms with Gasteiger partial charge in [-0.3, -0.25) is 0 Å². The number of para-hydroxylation sites is 1. The molecule has 1 aliphatic carbocycles. The summed E-state index contributed by atoms with van der Waals surface area (Å²) in [6, 6.07) is 15.1. The Bertz CT molecular complexity index is 638. The lowest BCUT2D eigenvalue weighted by Crippen LogP contribution is -2.34. The molecule has 1 fully saturated rings. The summed E-state index contributed by atoms with van der Waals surface area (Å²) < 4.78 is 7.65. The molecule has 0 saturated heterocycles. The van der Waals surface area contributed by atoms with Crippen LogP contribution in [0.2, 0.25) is 0 Å². The fraction of sp³-hybridized carbons (Fsp3) is 0.294. The van der Waals surface area contributed by atoms with Crippen molar-refractivity contribution < 1.29 is 4.74 Å². The first-order valence-corrected chi connectivity index (χ1v) is 8.60. The molecule has 0 aliphatic heterocycles. The Morgan fingerprint density at radius 2 is 1.86 bits per heavy atom. The van der Waals surface area contributed by atoms with Crippen LogP contribution < -0.4 is 10.1 Å². The molecule has 0 aromatic heterocycles. The Morgan fingerprint density at radius 1 is 1.10 bits per heavy atom. The maximum absolute atomic E-state index is 5.46. The number of anilines is 1. The summed E-state index contributed by atoms with van der Waals surface area (Å²) in [5.41, 5.74) is 2.47. The predicted octanol–water partition coefficient (Wildman–Crippen LogP) is 5.58. The molecule has 1 saturated carbocycles. The van der Waals surface area contributed by atoms with Crippen LogP contribution in [0.15, 0.2) is 51.4 Å². The van der Waals surface area contributed by atoms with Gasteiger partial charge in [-0.25, -0.2) is 0 Å². The van der Waals surface area contributed by atoms with Gasteiger partial charge in [0.25, 0.3) is 0 Å². The van der Waals surface area contributed by atoms with Crippen LogP contribution in [0.1, 0.15) is 24.3 Å². The van der Waals surface area contributed by atoms with Gasteiger partial charge in [-0.15, -0.1) is 0 Å². The third kappa shape index (κ3) is 3.27. The summed E-state index contributed by atoms with van der Waals surface area (Å²) in [6.07, 6.45) is 2.28. The molecule has 21 heavy (non-hydrogen) atoms. The fourth-order valence-corrected chi connectivity index (χ4v) is 3.54. The van der Waals surface area contributed by atoms with Crippen molar-refractivity contribution in [3.8, 4) is 5.75 Å². The van der Waals surface area contributed by atoms with E-state index in [0.717, 1.165) is 33.2 Å². The minimum atomic E-state index is 0.519. The Kier molecular flexibility index (Phi) is 4.55. The predicted molar refractivity (Wildman–Crippen MR) is 94.2 cm³/mol. The largest absolute Gasteiger partial charge is 0.496 e. The summed E-state index contributed by atoms with van der Waals surface area (Å²) in [7, 11) is 1.74. The maximum atomic E-state index is 5.46. The minimum absolute atomic E-state index is 0.519. The average molecular weight is 411 g/mol. The van der Waals surface area contributed by atoms with Crippen molar-refractivity contribution >= 4 is 37.5 Å². The Labute approximate surface area is 142 Å². The highest BCUT2D eigenvalue weighted by molar-refractivity contribution is 9.11. The van der Waals surface area contributed by atoms with Gasteiger partial charge in [-0.05, 0) is 64.5 Å². The molecule has 2 nitrogen and oxygen atoms in total. The van der Waals surface area contributed by atoms with Gasteiger partial charge in [0.05, 0.1) is 7.11 Å². The number of methoxy groups -OCH3 is 1. The molecular formula is C17H17Br2NO. The van der Waals surface area contributed by atoms with Crippen molar-refractivity contribution in [3.05, 3.63) is 57.0 Å². The zero-order valence-electron chi connectivity index (χ0n) is 11.8. The van der Waals surface area contributed by atoms with E-state index in [1.807, 2.05) is 18.2 Å². The first-order valence-electron chi connectivity index (χ1n) is 7.02. The quantitative estimate of drug-likeness (QED) is 0.710. The zero-order valence-corrected chi connectivity index (χ0v) is 14.9. The average Bonchev–Trinajstić information content (AvgIpc) is 2.46. The van der Waals surface area contributed by atoms with Crippen LogP contribution in [0, 0.1) is 0 Å². The van der Waals surface area contributed by atoms with Gasteiger partial charge in [0.2, 0.25) is 0 Å². The minimum Gasteiger partial charge on any atom is -0.496 e. The molecule has 0 unspecified atom stereocenters. The number of hydrogen-bond acceptors (Lipinski definition) is 2. The van der Waals surface area contributed by atoms with E-state index in [-0.39, 0.29) is 0 Å². The molecule has 1 aliphatic rings. The summed E-state index contributed by atoms with van der Waals surface area (Å²) in [4.78, 5) is 0. The molecule has 0 bridgehead atoms. The highest BCUT2D eigenvalue weighted by Gasteiger charge is 2.32. The Balaban J connectivity index is 1.65. The molecular weight excluding hydrogens is 394 g/mol. The number of rotatable bonds is 4. The summed E-state index contributed by atoms with van der Waals surface area (Å²) in [5.74, 6) is 1.59. The molecule has 0 amide bonds. The van der Waals surface area contributed by atoms with Crippen molar-refractivity contribution in [2.24, 2.45) is 0 Å². The number of nitrogens with one attached hydrogen (secondary N) is 1. The van der Waals surface area contributed by atoms with Gasteiger partial charge < -0.3 is 10.1 Å². The number of ether oxygens (including phenoxy) is 1. The number of hydrogen-bond donors (Lipinski definition) is 1. The zero-order chi connectivity index (χ0) is 14.8. The van der Waals surface area contributed by atoms with Crippen molar-refractivity contribution in [3.63, 3.8) is 0 Å². The summed E-state index contributed by atoms with van der Waals surface area (Å²) in [6.45, 7) is 0. The Morgan fingerprint density at radius 3 is 2.62 bits per heavy atom. The lowest BCUT2D eigenvalue weighted by molar-refractivity contribution is 0.349. The number of halogens is 2. The van der Waals surface area contributed by atoms with Crippen molar-refractivity contribution in [1.82, 2.24) is 0 Å². The van der Waals surface area contributed by atoms with Crippen LogP contribution in [0.25, 0.3) is 0 Å². The SMILES string of the molecule is COc1ccccc1C1CC(Nc2cc(Br)ccc2Br)C1. The third-order valence-corrected chi connectivity index (χ3v) is 5.19. The molecule has 110 valence electrons. The van der Waals surface area contributed by atoms with Crippen molar-refractivity contribution in [2.75, 3.05) is 12.4 Å². The monoisotopic (exact) mass is 409 g/mol. The lowest BCUT2D eigenvalue weighted by Gasteiger charge is -2.37. The van der Waals surface area contributed by atoms with E-state index in [1.54, 1.807) is 7.11 Å². The van der Waals surface area contributed by atoms with Gasteiger partial charge >= 0.3 is 0 Å². The van der Waals surface area contributed by atoms with Crippen LogP contribution >= 0.6 is 31.9 Å². The molecule has 0 spiro atoms. The Hall–Kier alpha value is -1.000. The molecule has 4 heteroatoms. The lowest BCUT2D eigenvalue weighted by atomic mass is 9.75. The second-order valence-corrected chi connectivity index (χ2v) is 7.15. The van der Waals surface area contributed by atoms with Crippen LogP contribution in [0.5, 0.6) is 5.75 Å². The van der Waals surface area contributed by atoms with Crippen LogP contribution in [-0.2, 0) is 0 Å². The van der Waals surface area contributed by atoms with E-state index in [2.05, 4.69) is 61.4 Å². The molecule has 3 rings (SSSR count). The van der Waals surface area contributed by atoms with E-state index < -0.39 is 0 Å². The van der Waals surface area contributed by atoms with Crippen LogP contribution in [0.3, 0.4) is 0 Å². The topological polar surface area (TPSA) is 21.3 Å². The highest BCUT2D eigenvalue weighted by atomic mass is 79.9. The van der Waals surface area contributed by atoms with E-state index in [9.17, 15) is 0 Å². The second kappa shape index (κ2) is 6.41. The maximum Gasteiger partial charge on any atom is 0.122 e. The fourth-order valence-electron chi connectivity index (χ4n) is 2.82. The van der Waals surface area contributed by atoms with Gasteiger partial charge in [-0.1, -0.05) is 34.1 Å². The smallest absolute Gasteiger partial charge is 0.122 e. The molecule has 0 radical (unpaired) electrons. The van der Waals surface area contributed by atoms with Crippen LogP contribution in [-0.4, -0.2) is 13.2 Å². The van der Waals surface area contributed by atoms with Gasteiger partial charge in [-0.2, -0.15) is 0 Å². The second-order valence-electron chi connectivity index (χ2n) is 5.38. The first kappa shape index (κ1) is 14.9. The van der Waals surface area contributed by atoms with Crippen molar-refractivity contribution in [1.29, 1.82) is 0 Å². The van der Waals surface area contributed by atoms with E-state index in [4.69, 9.17) is 4.74 Å². The molecule has 2 aromatic rings. The third-order valence-electron chi connectivity index (χ3n) is 4.00. The molecule has 0 heterocycles. The van der Waals surface area contributed by atoms with E-state index in [1.165, 1.54) is 5.56 Å². The normalized spacial score (nSPS) is 20.7. The first-order chi connectivity index (χ1) is 10.2. The van der Waals surface area contributed by atoms with Gasteiger partial charge in [0.1, 0.15) is 5.75 Å². The highest BCUT2D eigenvalue weighted by Crippen LogP contribution is 2.42. The van der Waals surface area contributed by atoms with E-state index >= 15 is 0 Å². The number of benzene rings is 2.